The fourth-order valence-electron chi connectivity index (χ4n) is 5.31. The summed E-state index contributed by atoms with van der Waals surface area (Å²) in [6, 6.07) is 0.716. The minimum absolute atomic E-state index is 0.241. The molecule has 4 nitrogen and oxygen atoms in total. The highest BCUT2D eigenvalue weighted by atomic mass is 16.5. The standard InChI is InChI=1S/C17H33N3O/c1-14-10-16(2,3)12-17(14,13-18)20-5-4-15(11-20)19-6-8-21-9-7-19/h14-15H,4-13,18H2,1-3H3. The second kappa shape index (κ2) is 5.80. The summed E-state index contributed by atoms with van der Waals surface area (Å²) in [5, 5.41) is 0. The number of ether oxygens (including phenoxy) is 1. The van der Waals surface area contributed by atoms with Crippen LogP contribution in [0.15, 0.2) is 0 Å². The summed E-state index contributed by atoms with van der Waals surface area (Å²) in [6.07, 6.45) is 3.87. The molecule has 21 heavy (non-hydrogen) atoms. The summed E-state index contributed by atoms with van der Waals surface area (Å²) in [4.78, 5) is 5.38. The first-order valence-electron chi connectivity index (χ1n) is 8.74. The molecular weight excluding hydrogens is 262 g/mol. The first-order chi connectivity index (χ1) is 9.97. The predicted molar refractivity (Wildman–Crippen MR) is 86.3 cm³/mol. The van der Waals surface area contributed by atoms with E-state index in [1.807, 2.05) is 0 Å². The minimum atomic E-state index is 0.241. The van der Waals surface area contributed by atoms with Gasteiger partial charge in [0.25, 0.3) is 0 Å². The van der Waals surface area contributed by atoms with Gasteiger partial charge in [-0.05, 0) is 30.6 Å². The van der Waals surface area contributed by atoms with Crippen LogP contribution >= 0.6 is 0 Å². The zero-order chi connectivity index (χ0) is 15.1. The van der Waals surface area contributed by atoms with Crippen molar-refractivity contribution >= 4 is 0 Å². The van der Waals surface area contributed by atoms with Crippen LogP contribution in [0.5, 0.6) is 0 Å². The van der Waals surface area contributed by atoms with E-state index >= 15 is 0 Å². The average molecular weight is 295 g/mol. The SMILES string of the molecule is CC1CC(C)(C)CC1(CN)N1CCC(N2CCOCC2)C1. The van der Waals surface area contributed by atoms with Crippen LogP contribution in [0.4, 0.5) is 0 Å². The van der Waals surface area contributed by atoms with E-state index in [4.69, 9.17) is 10.5 Å². The second-order valence-corrected chi connectivity index (χ2v) is 8.29. The molecule has 3 rings (SSSR count). The maximum atomic E-state index is 6.31. The molecule has 1 saturated carbocycles. The van der Waals surface area contributed by atoms with E-state index in [1.54, 1.807) is 0 Å². The topological polar surface area (TPSA) is 41.7 Å². The Kier molecular flexibility index (Phi) is 4.34. The molecule has 122 valence electrons. The maximum absolute atomic E-state index is 6.31. The van der Waals surface area contributed by atoms with Crippen molar-refractivity contribution in [2.75, 3.05) is 45.9 Å². The Morgan fingerprint density at radius 2 is 1.90 bits per heavy atom. The number of hydrogen-bond donors (Lipinski definition) is 1. The molecule has 3 aliphatic rings. The molecule has 3 unspecified atom stereocenters. The highest BCUT2D eigenvalue weighted by Crippen LogP contribution is 2.50. The Labute approximate surface area is 130 Å². The molecule has 4 heteroatoms. The Morgan fingerprint density at radius 1 is 1.19 bits per heavy atom. The van der Waals surface area contributed by atoms with Gasteiger partial charge in [-0.15, -0.1) is 0 Å². The van der Waals surface area contributed by atoms with Crippen LogP contribution in [0.2, 0.25) is 0 Å². The number of hydrogen-bond acceptors (Lipinski definition) is 4. The lowest BCUT2D eigenvalue weighted by Crippen LogP contribution is -2.56. The summed E-state index contributed by atoms with van der Waals surface area (Å²) in [6.45, 7) is 14.5. The molecule has 0 aromatic carbocycles. The molecule has 2 aliphatic heterocycles. The van der Waals surface area contributed by atoms with Crippen LogP contribution < -0.4 is 5.73 Å². The van der Waals surface area contributed by atoms with Crippen LogP contribution in [-0.2, 0) is 4.74 Å². The smallest absolute Gasteiger partial charge is 0.0594 e. The average Bonchev–Trinajstić information content (AvgIpc) is 3.03. The van der Waals surface area contributed by atoms with Crippen LogP contribution in [0.25, 0.3) is 0 Å². The van der Waals surface area contributed by atoms with Crippen molar-refractivity contribution < 1.29 is 4.74 Å². The van der Waals surface area contributed by atoms with Gasteiger partial charge in [0.1, 0.15) is 0 Å². The lowest BCUT2D eigenvalue weighted by molar-refractivity contribution is 0.0122. The Morgan fingerprint density at radius 3 is 2.48 bits per heavy atom. The zero-order valence-corrected chi connectivity index (χ0v) is 14.1. The van der Waals surface area contributed by atoms with E-state index in [0.717, 1.165) is 32.8 Å². The van der Waals surface area contributed by atoms with Crippen LogP contribution in [0, 0.1) is 11.3 Å². The van der Waals surface area contributed by atoms with Crippen LogP contribution in [0.3, 0.4) is 0 Å². The van der Waals surface area contributed by atoms with Crippen molar-refractivity contribution in [1.82, 2.24) is 9.80 Å². The number of morpholine rings is 1. The first kappa shape index (κ1) is 15.7. The molecule has 3 atom stereocenters. The van der Waals surface area contributed by atoms with Gasteiger partial charge in [-0.2, -0.15) is 0 Å². The first-order valence-corrected chi connectivity index (χ1v) is 8.74. The van der Waals surface area contributed by atoms with Gasteiger partial charge in [-0.3, -0.25) is 9.80 Å². The van der Waals surface area contributed by atoms with Crippen molar-refractivity contribution in [1.29, 1.82) is 0 Å². The second-order valence-electron chi connectivity index (χ2n) is 8.29. The van der Waals surface area contributed by atoms with Gasteiger partial charge in [0.2, 0.25) is 0 Å². The fraction of sp³-hybridized carbons (Fsp3) is 1.00. The molecule has 2 N–H and O–H groups in total. The van der Waals surface area contributed by atoms with Crippen molar-refractivity contribution in [3.63, 3.8) is 0 Å². The quantitative estimate of drug-likeness (QED) is 0.858. The summed E-state index contributed by atoms with van der Waals surface area (Å²) < 4.78 is 5.50. The minimum Gasteiger partial charge on any atom is -0.379 e. The van der Waals surface area contributed by atoms with Crippen molar-refractivity contribution in [2.24, 2.45) is 17.1 Å². The van der Waals surface area contributed by atoms with Crippen molar-refractivity contribution in [2.45, 2.75) is 51.6 Å². The van der Waals surface area contributed by atoms with E-state index < -0.39 is 0 Å². The third-order valence-corrected chi connectivity index (χ3v) is 6.27. The maximum Gasteiger partial charge on any atom is 0.0594 e. The zero-order valence-electron chi connectivity index (χ0n) is 14.1. The van der Waals surface area contributed by atoms with Gasteiger partial charge >= 0.3 is 0 Å². The third kappa shape index (κ3) is 2.88. The van der Waals surface area contributed by atoms with E-state index in [1.165, 1.54) is 32.4 Å². The highest BCUT2D eigenvalue weighted by Gasteiger charge is 2.52. The molecule has 2 heterocycles. The molecule has 0 spiro atoms. The Bertz CT molecular complexity index is 367. The molecule has 2 saturated heterocycles. The Hall–Kier alpha value is -0.160. The van der Waals surface area contributed by atoms with Gasteiger partial charge in [0.15, 0.2) is 0 Å². The normalized spacial score (nSPS) is 41.7. The molecule has 0 radical (unpaired) electrons. The monoisotopic (exact) mass is 295 g/mol. The molecule has 1 aliphatic carbocycles. The van der Waals surface area contributed by atoms with E-state index in [0.29, 0.717) is 17.4 Å². The van der Waals surface area contributed by atoms with E-state index in [-0.39, 0.29) is 5.54 Å². The fourth-order valence-corrected chi connectivity index (χ4v) is 5.31. The predicted octanol–water partition coefficient (Wildman–Crippen LogP) is 1.55. The number of likely N-dealkylation sites (tertiary alicyclic amines) is 1. The largest absolute Gasteiger partial charge is 0.379 e. The van der Waals surface area contributed by atoms with Crippen molar-refractivity contribution in [3.8, 4) is 0 Å². The van der Waals surface area contributed by atoms with Crippen LogP contribution in [0.1, 0.15) is 40.0 Å². The summed E-state index contributed by atoms with van der Waals surface area (Å²) in [5.74, 6) is 0.709. The number of nitrogens with two attached hydrogens (primary N) is 1. The van der Waals surface area contributed by atoms with E-state index in [9.17, 15) is 0 Å². The van der Waals surface area contributed by atoms with Gasteiger partial charge in [0, 0.05) is 44.3 Å². The molecular formula is C17H33N3O. The van der Waals surface area contributed by atoms with Gasteiger partial charge in [-0.1, -0.05) is 20.8 Å². The molecule has 0 aromatic heterocycles. The highest BCUT2D eigenvalue weighted by molar-refractivity contribution is 5.08. The Balaban J connectivity index is 1.69. The van der Waals surface area contributed by atoms with Gasteiger partial charge < -0.3 is 10.5 Å². The number of nitrogens with zero attached hydrogens (tertiary/aromatic N) is 2. The van der Waals surface area contributed by atoms with E-state index in [2.05, 4.69) is 30.6 Å². The number of rotatable bonds is 3. The summed E-state index contributed by atoms with van der Waals surface area (Å²) in [7, 11) is 0. The third-order valence-electron chi connectivity index (χ3n) is 6.27. The van der Waals surface area contributed by atoms with Crippen LogP contribution in [-0.4, -0.2) is 67.3 Å². The lowest BCUT2D eigenvalue weighted by atomic mass is 9.85. The molecule has 0 amide bonds. The molecule has 3 fully saturated rings. The summed E-state index contributed by atoms with van der Waals surface area (Å²) >= 11 is 0. The molecule has 0 bridgehead atoms. The van der Waals surface area contributed by atoms with Gasteiger partial charge in [-0.25, -0.2) is 0 Å². The van der Waals surface area contributed by atoms with Crippen molar-refractivity contribution in [3.05, 3.63) is 0 Å². The van der Waals surface area contributed by atoms with Gasteiger partial charge in [0.05, 0.1) is 13.2 Å². The lowest BCUT2D eigenvalue weighted by Gasteiger charge is -2.43. The summed E-state index contributed by atoms with van der Waals surface area (Å²) in [5.41, 5.74) is 6.99. The molecule has 0 aromatic rings.